The molecule has 1 saturated heterocycles. The summed E-state index contributed by atoms with van der Waals surface area (Å²) in [6.07, 6.45) is 2.27. The zero-order chi connectivity index (χ0) is 17.8. The maximum atomic E-state index is 13.7. The summed E-state index contributed by atoms with van der Waals surface area (Å²) in [5.41, 5.74) is 7.17. The van der Waals surface area contributed by atoms with Gasteiger partial charge in [-0.25, -0.2) is 8.78 Å². The Morgan fingerprint density at radius 1 is 1.20 bits per heavy atom. The van der Waals surface area contributed by atoms with Crippen LogP contribution >= 0.6 is 0 Å². The van der Waals surface area contributed by atoms with E-state index in [1.54, 1.807) is 12.1 Å². The number of amides is 1. The molecule has 1 aliphatic heterocycles. The predicted octanol–water partition coefficient (Wildman–Crippen LogP) is 3.71. The summed E-state index contributed by atoms with van der Waals surface area (Å²) in [6, 6.07) is 10.8. The van der Waals surface area contributed by atoms with Crippen molar-refractivity contribution in [3.8, 4) is 0 Å². The number of nitrogen functional groups attached to an aromatic ring is 1. The Morgan fingerprint density at radius 2 is 1.96 bits per heavy atom. The summed E-state index contributed by atoms with van der Waals surface area (Å²) in [5.74, 6) is -1.01. The molecule has 2 aromatic rings. The molecule has 0 aliphatic carbocycles. The second-order valence-corrected chi connectivity index (χ2v) is 6.28. The molecule has 0 spiro atoms. The topological polar surface area (TPSA) is 58.4 Å². The normalized spacial score (nSPS) is 17.6. The van der Waals surface area contributed by atoms with E-state index in [-0.39, 0.29) is 29.9 Å². The summed E-state index contributed by atoms with van der Waals surface area (Å²) in [7, 11) is 0. The van der Waals surface area contributed by atoms with Crippen molar-refractivity contribution in [2.45, 2.75) is 25.3 Å². The van der Waals surface area contributed by atoms with E-state index in [1.165, 1.54) is 30.3 Å². The van der Waals surface area contributed by atoms with Crippen LogP contribution in [0.15, 0.2) is 42.5 Å². The monoisotopic (exact) mass is 345 g/mol. The lowest BCUT2D eigenvalue weighted by atomic mass is 10.0. The minimum absolute atomic E-state index is 0.0986. The van der Waals surface area contributed by atoms with Crippen LogP contribution in [0.1, 0.15) is 30.9 Å². The number of carbonyl (C=O) groups is 1. The fraction of sp³-hybridized carbons (Fsp3) is 0.316. The minimum Gasteiger partial charge on any atom is -0.399 e. The summed E-state index contributed by atoms with van der Waals surface area (Å²) in [6.45, 7) is 1.46. The van der Waals surface area contributed by atoms with E-state index in [4.69, 9.17) is 5.73 Å². The fourth-order valence-corrected chi connectivity index (χ4v) is 3.25. The number of nitrogens with two attached hydrogens (primary N) is 1. The average Bonchev–Trinajstić information content (AvgIpc) is 3.05. The second-order valence-electron chi connectivity index (χ2n) is 6.28. The molecule has 6 heteroatoms. The fourth-order valence-electron chi connectivity index (χ4n) is 3.25. The molecule has 3 N–H and O–H groups in total. The Kier molecular flexibility index (Phi) is 5.28. The smallest absolute Gasteiger partial charge is 0.225 e. The molecule has 1 heterocycles. The van der Waals surface area contributed by atoms with Crippen LogP contribution in [-0.2, 0) is 4.79 Å². The predicted molar refractivity (Wildman–Crippen MR) is 94.0 cm³/mol. The number of carbonyl (C=O) groups excluding carboxylic acids is 1. The minimum atomic E-state index is -0.507. The molecule has 1 fully saturated rings. The van der Waals surface area contributed by atoms with Gasteiger partial charge in [0.1, 0.15) is 11.6 Å². The Balaban J connectivity index is 1.57. The highest BCUT2D eigenvalue weighted by Crippen LogP contribution is 2.32. The number of hydrogen-bond donors (Lipinski definition) is 2. The van der Waals surface area contributed by atoms with Crippen molar-refractivity contribution in [2.24, 2.45) is 0 Å². The number of likely N-dealkylation sites (tertiary alicyclic amines) is 1. The number of hydrogen-bond acceptors (Lipinski definition) is 3. The van der Waals surface area contributed by atoms with Gasteiger partial charge in [-0.2, -0.15) is 0 Å². The van der Waals surface area contributed by atoms with Crippen LogP contribution in [0.2, 0.25) is 0 Å². The first-order chi connectivity index (χ1) is 12.0. The average molecular weight is 345 g/mol. The van der Waals surface area contributed by atoms with E-state index in [9.17, 15) is 13.6 Å². The maximum absolute atomic E-state index is 13.7. The van der Waals surface area contributed by atoms with Gasteiger partial charge in [-0.1, -0.05) is 12.1 Å². The van der Waals surface area contributed by atoms with Crippen molar-refractivity contribution < 1.29 is 13.6 Å². The number of halogens is 2. The second kappa shape index (κ2) is 7.61. The molecule has 0 bridgehead atoms. The van der Waals surface area contributed by atoms with Gasteiger partial charge in [0, 0.05) is 24.7 Å². The van der Waals surface area contributed by atoms with Crippen molar-refractivity contribution in [3.63, 3.8) is 0 Å². The number of benzene rings is 2. The highest BCUT2D eigenvalue weighted by Gasteiger charge is 2.26. The van der Waals surface area contributed by atoms with E-state index < -0.39 is 5.82 Å². The van der Waals surface area contributed by atoms with Gasteiger partial charge in [0.2, 0.25) is 5.91 Å². The van der Waals surface area contributed by atoms with Crippen molar-refractivity contribution in [1.82, 2.24) is 4.90 Å². The van der Waals surface area contributed by atoms with Crippen LogP contribution in [0.25, 0.3) is 0 Å². The van der Waals surface area contributed by atoms with Crippen molar-refractivity contribution in [2.75, 3.05) is 24.1 Å². The Labute approximate surface area is 145 Å². The molecule has 0 aromatic heterocycles. The van der Waals surface area contributed by atoms with Gasteiger partial charge in [0.15, 0.2) is 0 Å². The third kappa shape index (κ3) is 4.33. The standard InChI is InChI=1S/C19H21F2N3O/c20-14-5-3-13(4-6-14)18-2-1-10-24(18)11-9-19(25)23-17-12-15(22)7-8-16(17)21/h3-8,12,18H,1-2,9-11,22H2,(H,23,25)/t18-/m1/s1. The molecule has 0 radical (unpaired) electrons. The van der Waals surface area contributed by atoms with Crippen LogP contribution in [0.5, 0.6) is 0 Å². The van der Waals surface area contributed by atoms with Gasteiger partial charge in [0.05, 0.1) is 5.69 Å². The Bertz CT molecular complexity index is 749. The van der Waals surface area contributed by atoms with Crippen LogP contribution in [0.4, 0.5) is 20.2 Å². The molecule has 1 amide bonds. The first-order valence-corrected chi connectivity index (χ1v) is 8.37. The van der Waals surface area contributed by atoms with E-state index in [0.717, 1.165) is 24.9 Å². The highest BCUT2D eigenvalue weighted by atomic mass is 19.1. The largest absolute Gasteiger partial charge is 0.399 e. The number of anilines is 2. The van der Waals surface area contributed by atoms with Crippen LogP contribution in [0, 0.1) is 11.6 Å². The lowest BCUT2D eigenvalue weighted by Crippen LogP contribution is -2.27. The summed E-state index contributed by atoms with van der Waals surface area (Å²) >= 11 is 0. The highest BCUT2D eigenvalue weighted by molar-refractivity contribution is 5.91. The number of nitrogens with zero attached hydrogens (tertiary/aromatic N) is 1. The van der Waals surface area contributed by atoms with Gasteiger partial charge >= 0.3 is 0 Å². The first-order valence-electron chi connectivity index (χ1n) is 8.37. The quantitative estimate of drug-likeness (QED) is 0.812. The van der Waals surface area contributed by atoms with E-state index in [2.05, 4.69) is 10.2 Å². The van der Waals surface area contributed by atoms with Gasteiger partial charge in [-0.15, -0.1) is 0 Å². The molecule has 2 aromatic carbocycles. The molecule has 3 rings (SSSR count). The third-order valence-electron chi connectivity index (χ3n) is 4.51. The van der Waals surface area contributed by atoms with Crippen molar-refractivity contribution >= 4 is 17.3 Å². The Morgan fingerprint density at radius 3 is 2.72 bits per heavy atom. The molecule has 132 valence electrons. The van der Waals surface area contributed by atoms with E-state index >= 15 is 0 Å². The number of nitrogens with one attached hydrogen (secondary N) is 1. The lowest BCUT2D eigenvalue weighted by molar-refractivity contribution is -0.116. The lowest BCUT2D eigenvalue weighted by Gasteiger charge is -2.24. The van der Waals surface area contributed by atoms with E-state index in [0.29, 0.717) is 12.2 Å². The Hall–Kier alpha value is -2.47. The van der Waals surface area contributed by atoms with Crippen molar-refractivity contribution in [1.29, 1.82) is 0 Å². The van der Waals surface area contributed by atoms with Gasteiger partial charge < -0.3 is 11.1 Å². The molecular weight excluding hydrogens is 324 g/mol. The van der Waals surface area contributed by atoms with Crippen LogP contribution < -0.4 is 11.1 Å². The van der Waals surface area contributed by atoms with Crippen LogP contribution in [-0.4, -0.2) is 23.9 Å². The van der Waals surface area contributed by atoms with Gasteiger partial charge in [-0.3, -0.25) is 9.69 Å². The molecule has 1 aliphatic rings. The van der Waals surface area contributed by atoms with Crippen LogP contribution in [0.3, 0.4) is 0 Å². The molecule has 0 unspecified atom stereocenters. The zero-order valence-corrected chi connectivity index (χ0v) is 13.8. The van der Waals surface area contributed by atoms with E-state index in [1.807, 2.05) is 0 Å². The number of rotatable bonds is 5. The summed E-state index contributed by atoms with van der Waals surface area (Å²) in [4.78, 5) is 14.3. The molecule has 0 saturated carbocycles. The van der Waals surface area contributed by atoms with Gasteiger partial charge in [-0.05, 0) is 55.3 Å². The SMILES string of the molecule is Nc1ccc(F)c(NC(=O)CCN2CCC[C@@H]2c2ccc(F)cc2)c1. The summed E-state index contributed by atoms with van der Waals surface area (Å²) < 4.78 is 26.8. The molecular formula is C19H21F2N3O. The van der Waals surface area contributed by atoms with Crippen molar-refractivity contribution in [3.05, 3.63) is 59.7 Å². The summed E-state index contributed by atoms with van der Waals surface area (Å²) in [5, 5.41) is 2.57. The molecule has 4 nitrogen and oxygen atoms in total. The molecule has 25 heavy (non-hydrogen) atoms. The zero-order valence-electron chi connectivity index (χ0n) is 13.8. The third-order valence-corrected chi connectivity index (χ3v) is 4.51. The van der Waals surface area contributed by atoms with Gasteiger partial charge in [0.25, 0.3) is 0 Å². The first kappa shape index (κ1) is 17.4. The maximum Gasteiger partial charge on any atom is 0.225 e. The molecule has 1 atom stereocenters.